The Balaban J connectivity index is 0.000000222. The lowest BCUT2D eigenvalue weighted by Crippen LogP contribution is -2.26. The number of ether oxygens (including phenoxy) is 5. The lowest BCUT2D eigenvalue weighted by Gasteiger charge is -2.18. The van der Waals surface area contributed by atoms with Crippen LogP contribution in [0.3, 0.4) is 0 Å². The fourth-order valence-electron chi connectivity index (χ4n) is 5.04. The van der Waals surface area contributed by atoms with Crippen LogP contribution in [-0.2, 0) is 4.74 Å². The van der Waals surface area contributed by atoms with Crippen molar-refractivity contribution >= 4 is 42.3 Å². The van der Waals surface area contributed by atoms with E-state index in [2.05, 4.69) is 24.5 Å². The van der Waals surface area contributed by atoms with Gasteiger partial charge in [-0.25, -0.2) is 28.0 Å². The fraction of sp³-hybridized carbons (Fsp3) is 0.0800. The second kappa shape index (κ2) is 22.6. The van der Waals surface area contributed by atoms with Crippen molar-refractivity contribution in [2.24, 2.45) is 0 Å². The van der Waals surface area contributed by atoms with Crippen molar-refractivity contribution in [3.63, 3.8) is 0 Å². The maximum Gasteiger partial charge on any atom is 0.514 e. The zero-order valence-electron chi connectivity index (χ0n) is 35.8. The average Bonchev–Trinajstić information content (AvgIpc) is 3.30. The molecule has 0 atom stereocenters. The van der Waals surface area contributed by atoms with Crippen LogP contribution in [0.2, 0.25) is 0 Å². The Hall–Kier alpha value is -8.99. The molecule has 0 bridgehead atoms. The number of benzene rings is 6. The van der Waals surface area contributed by atoms with Gasteiger partial charge in [-0.05, 0) is 86.0 Å². The molecule has 0 amide bonds. The van der Waals surface area contributed by atoms with Gasteiger partial charge < -0.3 is 49.2 Å². The van der Waals surface area contributed by atoms with E-state index in [0.29, 0.717) is 11.6 Å². The molecule has 0 unspecified atom stereocenters. The minimum Gasteiger partial charge on any atom is -0.504 e. The van der Waals surface area contributed by atoms with Crippen molar-refractivity contribution in [2.45, 2.75) is 26.4 Å². The van der Waals surface area contributed by atoms with Gasteiger partial charge in [0.2, 0.25) is 11.6 Å². The molecule has 6 aromatic rings. The number of phenolic OH excluding ortho intramolecular Hbond substituents is 5. The number of phenols is 5. The lowest BCUT2D eigenvalue weighted by atomic mass is 10.1. The second-order valence-electron chi connectivity index (χ2n) is 14.5. The van der Waals surface area contributed by atoms with Crippen molar-refractivity contribution in [2.75, 3.05) is 0 Å². The van der Waals surface area contributed by atoms with Crippen LogP contribution in [0, 0.1) is 17.5 Å². The Bertz CT molecular complexity index is 2770. The third-order valence-electron chi connectivity index (χ3n) is 8.43. The molecule has 6 rings (SSSR count). The molecule has 346 valence electrons. The van der Waals surface area contributed by atoms with Crippen molar-refractivity contribution in [1.82, 2.24) is 0 Å². The van der Waals surface area contributed by atoms with Gasteiger partial charge in [0.05, 0.1) is 16.7 Å². The number of halogens is 3. The van der Waals surface area contributed by atoms with E-state index in [9.17, 15) is 42.6 Å². The molecule has 0 aliphatic carbocycles. The molecule has 0 fully saturated rings. The van der Waals surface area contributed by atoms with Gasteiger partial charge in [-0.2, -0.15) is 4.39 Å². The Labute approximate surface area is 380 Å². The van der Waals surface area contributed by atoms with E-state index in [1.807, 2.05) is 0 Å². The Morgan fingerprint density at radius 3 is 1.31 bits per heavy atom. The smallest absolute Gasteiger partial charge is 0.504 e. The molecule has 0 radical (unpaired) electrons. The zero-order valence-corrected chi connectivity index (χ0v) is 35.8. The summed E-state index contributed by atoms with van der Waals surface area (Å²) in [6.07, 6.45) is 3.92. The second-order valence-corrected chi connectivity index (χ2v) is 14.5. The molecule has 0 saturated carbocycles. The molecule has 67 heavy (non-hydrogen) atoms. The molecule has 0 aliphatic heterocycles. The summed E-state index contributed by atoms with van der Waals surface area (Å²) >= 11 is 0. The first-order valence-electron chi connectivity index (χ1n) is 19.3. The molecule has 14 nitrogen and oxygen atoms in total. The number of aromatic hydroxyl groups is 5. The lowest BCUT2D eigenvalue weighted by molar-refractivity contribution is 0.0199. The van der Waals surface area contributed by atoms with Crippen molar-refractivity contribution < 1.29 is 81.6 Å². The number of esters is 3. The molecule has 5 N–H and O–H groups in total. The van der Waals surface area contributed by atoms with E-state index in [1.54, 1.807) is 87.5 Å². The summed E-state index contributed by atoms with van der Waals surface area (Å²) in [5.74, 6) is -11.6. The number of carbonyl (C=O) groups excluding carboxylic acids is 4. The number of hydrogen-bond donors (Lipinski definition) is 5. The van der Waals surface area contributed by atoms with Gasteiger partial charge in [-0.15, -0.1) is 0 Å². The van der Waals surface area contributed by atoms with Crippen LogP contribution in [0.15, 0.2) is 129 Å². The minimum absolute atomic E-state index is 0.102. The highest BCUT2D eigenvalue weighted by atomic mass is 19.1. The molecular weight excluding hydrogens is 882 g/mol. The first-order valence-corrected chi connectivity index (χ1v) is 19.3. The standard InChI is InChI=1S/C20H20O6.C15H10F2O4.C15H11FO4/c1-5-13-6-8-14(9-7-13)18(22)24-15-10-11-17(16(21)12-15)25-19(23)26-20(2,3)4;1-2-8-3-5-9(6-4-8)15(20)21-11-7-10(16)13(18)14(19)12(11)17;1-2-9-3-5-10(6-4-9)15(19)20-11-7-12(16)14(18)13(17)8-11/h5-12,21H,1H2,2-4H3;2-7,18-19H,1H2;2-8,17-18H,1H2. The van der Waals surface area contributed by atoms with Crippen LogP contribution in [0.1, 0.15) is 68.5 Å². The molecule has 17 heteroatoms. The van der Waals surface area contributed by atoms with Gasteiger partial charge in [0.1, 0.15) is 17.1 Å². The molecule has 6 aromatic carbocycles. The number of rotatable bonds is 10. The summed E-state index contributed by atoms with van der Waals surface area (Å²) in [7, 11) is 0. The van der Waals surface area contributed by atoms with Gasteiger partial charge in [-0.3, -0.25) is 0 Å². The van der Waals surface area contributed by atoms with E-state index < -0.39 is 75.9 Å². The van der Waals surface area contributed by atoms with Gasteiger partial charge in [-0.1, -0.05) is 74.4 Å². The summed E-state index contributed by atoms with van der Waals surface area (Å²) in [6.45, 7) is 15.9. The Morgan fingerprint density at radius 2 is 0.896 bits per heavy atom. The Kier molecular flexibility index (Phi) is 17.1. The van der Waals surface area contributed by atoms with E-state index in [-0.39, 0.29) is 34.1 Å². The summed E-state index contributed by atoms with van der Waals surface area (Å²) in [6, 6.07) is 25.3. The summed E-state index contributed by atoms with van der Waals surface area (Å²) in [5.41, 5.74) is 2.49. The van der Waals surface area contributed by atoms with Crippen molar-refractivity contribution in [1.29, 1.82) is 0 Å². The van der Waals surface area contributed by atoms with E-state index >= 15 is 0 Å². The van der Waals surface area contributed by atoms with Gasteiger partial charge in [0.15, 0.2) is 46.1 Å². The summed E-state index contributed by atoms with van der Waals surface area (Å²) < 4.78 is 64.7. The molecule has 0 spiro atoms. The van der Waals surface area contributed by atoms with Crippen LogP contribution >= 0.6 is 0 Å². The number of carbonyl (C=O) groups is 4. The van der Waals surface area contributed by atoms with Gasteiger partial charge in [0.25, 0.3) is 0 Å². The number of hydrogen-bond acceptors (Lipinski definition) is 14. The highest BCUT2D eigenvalue weighted by Crippen LogP contribution is 2.37. The van der Waals surface area contributed by atoms with Crippen LogP contribution in [0.4, 0.5) is 18.0 Å². The highest BCUT2D eigenvalue weighted by molar-refractivity contribution is 5.92. The van der Waals surface area contributed by atoms with Crippen LogP contribution in [0.5, 0.6) is 51.7 Å². The predicted molar refractivity (Wildman–Crippen MR) is 239 cm³/mol. The predicted octanol–water partition coefficient (Wildman–Crippen LogP) is 10.9. The maximum absolute atomic E-state index is 13.6. The fourth-order valence-corrected chi connectivity index (χ4v) is 5.04. The maximum atomic E-state index is 13.6. The van der Waals surface area contributed by atoms with Crippen LogP contribution in [-0.4, -0.2) is 55.2 Å². The topological polar surface area (TPSA) is 216 Å². The minimum atomic E-state index is -1.43. The third kappa shape index (κ3) is 14.5. The van der Waals surface area contributed by atoms with Crippen molar-refractivity contribution in [3.8, 4) is 51.7 Å². The average molecular weight is 923 g/mol. The van der Waals surface area contributed by atoms with E-state index in [1.165, 1.54) is 42.5 Å². The monoisotopic (exact) mass is 922 g/mol. The first-order chi connectivity index (χ1) is 31.6. The first kappa shape index (κ1) is 50.7. The van der Waals surface area contributed by atoms with Crippen molar-refractivity contribution in [3.05, 3.63) is 180 Å². The van der Waals surface area contributed by atoms with Crippen LogP contribution < -0.4 is 18.9 Å². The molecule has 0 aliphatic rings. The Morgan fingerprint density at radius 1 is 0.478 bits per heavy atom. The molecule has 0 heterocycles. The van der Waals surface area contributed by atoms with E-state index in [0.717, 1.165) is 28.8 Å². The highest BCUT2D eigenvalue weighted by Gasteiger charge is 2.22. The summed E-state index contributed by atoms with van der Waals surface area (Å²) in [4.78, 5) is 47.3. The molecule has 0 aromatic heterocycles. The SMILES string of the molecule is C=Cc1ccc(C(=O)Oc2cc(F)c(O)c(O)c2F)cc1.C=Cc1ccc(C(=O)Oc2cc(O)c(O)c(F)c2)cc1.C=Cc1ccc(C(=O)Oc2ccc(OC(=O)OC(C)(C)C)c(O)c2)cc1. The normalized spacial score (nSPS) is 10.4. The quantitative estimate of drug-likeness (QED) is 0.0374. The largest absolute Gasteiger partial charge is 0.514 e. The van der Waals surface area contributed by atoms with Crippen LogP contribution in [0.25, 0.3) is 18.2 Å². The third-order valence-corrected chi connectivity index (χ3v) is 8.43. The molecule has 0 saturated heterocycles. The van der Waals surface area contributed by atoms with Gasteiger partial charge >= 0.3 is 24.1 Å². The van der Waals surface area contributed by atoms with Gasteiger partial charge in [0, 0.05) is 24.3 Å². The summed E-state index contributed by atoms with van der Waals surface area (Å²) in [5, 5.41) is 46.4. The zero-order chi connectivity index (χ0) is 49.6. The van der Waals surface area contributed by atoms with E-state index in [4.69, 9.17) is 34.3 Å². The molecular formula is C50H41F3O14.